The lowest BCUT2D eigenvalue weighted by Gasteiger charge is -2.06. The van der Waals surface area contributed by atoms with Gasteiger partial charge in [-0.3, -0.25) is 0 Å². The van der Waals surface area contributed by atoms with Gasteiger partial charge in [0.15, 0.2) is 11.0 Å². The number of hydrogen-bond acceptors (Lipinski definition) is 1. The summed E-state index contributed by atoms with van der Waals surface area (Å²) < 4.78 is 9.90. The van der Waals surface area contributed by atoms with Crippen molar-refractivity contribution in [2.45, 2.75) is 6.54 Å². The standard InChI is InChI=1S/C17H16ClN2O/c1-2-19-13-20(16-9-5-4-8-15(16)19)11-12-21-17-10-6-3-7-14(17)18/h2-10,13H,1,11-12H2/q+1. The summed E-state index contributed by atoms with van der Waals surface area (Å²) in [4.78, 5) is 0. The van der Waals surface area contributed by atoms with Crippen molar-refractivity contribution in [3.05, 3.63) is 66.5 Å². The van der Waals surface area contributed by atoms with E-state index in [4.69, 9.17) is 16.3 Å². The van der Waals surface area contributed by atoms with Gasteiger partial charge >= 0.3 is 0 Å². The molecule has 0 amide bonds. The first-order valence-corrected chi connectivity index (χ1v) is 7.16. The SMILES string of the molecule is C=Cn1c[n+](CCOc2ccccc2Cl)c2ccccc21. The number of nitrogens with zero attached hydrogens (tertiary/aromatic N) is 2. The molecule has 0 unspecified atom stereocenters. The van der Waals surface area contributed by atoms with Gasteiger partial charge in [0.05, 0.1) is 11.2 Å². The predicted octanol–water partition coefficient (Wildman–Crippen LogP) is 3.76. The second-order valence-corrected chi connectivity index (χ2v) is 5.07. The van der Waals surface area contributed by atoms with Gasteiger partial charge in [0.2, 0.25) is 6.33 Å². The predicted molar refractivity (Wildman–Crippen MR) is 85.5 cm³/mol. The number of hydrogen-bond donors (Lipinski definition) is 0. The molecule has 0 N–H and O–H groups in total. The minimum atomic E-state index is 0.555. The summed E-state index contributed by atoms with van der Waals surface area (Å²) in [5.41, 5.74) is 2.28. The lowest BCUT2D eigenvalue weighted by molar-refractivity contribution is -0.672. The minimum Gasteiger partial charge on any atom is -0.488 e. The molecule has 3 nitrogen and oxygen atoms in total. The number of para-hydroxylation sites is 3. The molecular weight excluding hydrogens is 284 g/mol. The summed E-state index contributed by atoms with van der Waals surface area (Å²) in [6, 6.07) is 15.7. The van der Waals surface area contributed by atoms with Gasteiger partial charge in [0.25, 0.3) is 0 Å². The van der Waals surface area contributed by atoms with Gasteiger partial charge in [-0.1, -0.05) is 42.4 Å². The zero-order valence-electron chi connectivity index (χ0n) is 11.6. The monoisotopic (exact) mass is 299 g/mol. The molecule has 0 aliphatic rings. The number of halogens is 1. The van der Waals surface area contributed by atoms with Crippen LogP contribution in [0.4, 0.5) is 0 Å². The van der Waals surface area contributed by atoms with Crippen LogP contribution in [0.3, 0.4) is 0 Å². The van der Waals surface area contributed by atoms with E-state index in [-0.39, 0.29) is 0 Å². The summed E-state index contributed by atoms with van der Waals surface area (Å²) >= 11 is 6.08. The Morgan fingerprint density at radius 3 is 2.71 bits per heavy atom. The van der Waals surface area contributed by atoms with Crippen LogP contribution in [0.15, 0.2) is 61.4 Å². The van der Waals surface area contributed by atoms with Crippen molar-refractivity contribution in [3.63, 3.8) is 0 Å². The van der Waals surface area contributed by atoms with E-state index in [0.29, 0.717) is 17.4 Å². The molecule has 0 aliphatic carbocycles. The smallest absolute Gasteiger partial charge is 0.249 e. The average molecular weight is 300 g/mol. The number of aromatic nitrogens is 2. The third-order valence-electron chi connectivity index (χ3n) is 3.36. The molecular formula is C17H16ClN2O+. The van der Waals surface area contributed by atoms with Crippen LogP contribution in [0.2, 0.25) is 5.02 Å². The maximum atomic E-state index is 6.08. The highest BCUT2D eigenvalue weighted by atomic mass is 35.5. The molecule has 0 aliphatic heterocycles. The fourth-order valence-corrected chi connectivity index (χ4v) is 2.53. The third-order valence-corrected chi connectivity index (χ3v) is 3.67. The van der Waals surface area contributed by atoms with Crippen molar-refractivity contribution in [2.24, 2.45) is 0 Å². The molecule has 0 radical (unpaired) electrons. The quantitative estimate of drug-likeness (QED) is 0.656. The van der Waals surface area contributed by atoms with E-state index in [9.17, 15) is 0 Å². The first kappa shape index (κ1) is 13.7. The number of ether oxygens (including phenoxy) is 1. The molecule has 0 atom stereocenters. The summed E-state index contributed by atoms with van der Waals surface area (Å²) in [6.07, 6.45) is 3.82. The van der Waals surface area contributed by atoms with Gasteiger partial charge in [-0.25, -0.2) is 9.13 Å². The van der Waals surface area contributed by atoms with Crippen molar-refractivity contribution in [3.8, 4) is 5.75 Å². The molecule has 0 bridgehead atoms. The lowest BCUT2D eigenvalue weighted by atomic mass is 10.3. The van der Waals surface area contributed by atoms with Crippen molar-refractivity contribution in [1.82, 2.24) is 4.57 Å². The minimum absolute atomic E-state index is 0.555. The molecule has 21 heavy (non-hydrogen) atoms. The van der Waals surface area contributed by atoms with E-state index in [1.807, 2.05) is 47.3 Å². The van der Waals surface area contributed by atoms with E-state index < -0.39 is 0 Å². The van der Waals surface area contributed by atoms with Crippen LogP contribution < -0.4 is 9.30 Å². The summed E-state index contributed by atoms with van der Waals surface area (Å²) in [5.74, 6) is 0.715. The van der Waals surface area contributed by atoms with Crippen LogP contribution in [0.5, 0.6) is 5.75 Å². The molecule has 3 rings (SSSR count). The zero-order valence-corrected chi connectivity index (χ0v) is 12.3. The molecule has 2 aromatic carbocycles. The third kappa shape index (κ3) is 2.78. The molecule has 0 saturated heterocycles. The Balaban J connectivity index is 1.77. The molecule has 1 heterocycles. The zero-order chi connectivity index (χ0) is 14.7. The Labute approximate surface area is 128 Å². The second kappa shape index (κ2) is 6.02. The average Bonchev–Trinajstić information content (AvgIpc) is 2.88. The van der Waals surface area contributed by atoms with Crippen LogP contribution in [0, 0.1) is 0 Å². The van der Waals surface area contributed by atoms with Gasteiger partial charge in [-0.15, -0.1) is 0 Å². The van der Waals surface area contributed by atoms with Crippen molar-refractivity contribution < 1.29 is 9.30 Å². The van der Waals surface area contributed by atoms with E-state index in [0.717, 1.165) is 17.6 Å². The first-order chi connectivity index (χ1) is 10.3. The van der Waals surface area contributed by atoms with E-state index in [1.165, 1.54) is 0 Å². The van der Waals surface area contributed by atoms with Crippen LogP contribution in [0.1, 0.15) is 0 Å². The van der Waals surface area contributed by atoms with Gasteiger partial charge in [-0.05, 0) is 24.3 Å². The van der Waals surface area contributed by atoms with Gasteiger partial charge in [0.1, 0.15) is 18.9 Å². The van der Waals surface area contributed by atoms with Crippen LogP contribution in [-0.4, -0.2) is 11.2 Å². The maximum Gasteiger partial charge on any atom is 0.249 e. The summed E-state index contributed by atoms with van der Waals surface area (Å²) in [5, 5.41) is 0.635. The van der Waals surface area contributed by atoms with Gasteiger partial charge in [-0.2, -0.15) is 0 Å². The number of benzene rings is 2. The van der Waals surface area contributed by atoms with Gasteiger partial charge in [0, 0.05) is 0 Å². The van der Waals surface area contributed by atoms with Crippen LogP contribution in [0.25, 0.3) is 17.2 Å². The molecule has 1 aromatic heterocycles. The highest BCUT2D eigenvalue weighted by Crippen LogP contribution is 2.22. The van der Waals surface area contributed by atoms with Crippen LogP contribution >= 0.6 is 11.6 Å². The van der Waals surface area contributed by atoms with E-state index in [1.54, 1.807) is 6.20 Å². The molecule has 0 fully saturated rings. The summed E-state index contributed by atoms with van der Waals surface area (Å²) in [7, 11) is 0. The Bertz CT molecular complexity index is 779. The lowest BCUT2D eigenvalue weighted by Crippen LogP contribution is -2.35. The Kier molecular flexibility index (Phi) is 3.93. The highest BCUT2D eigenvalue weighted by Gasteiger charge is 2.13. The summed E-state index contributed by atoms with van der Waals surface area (Å²) in [6.45, 7) is 5.13. The molecule has 0 spiro atoms. The van der Waals surface area contributed by atoms with E-state index >= 15 is 0 Å². The second-order valence-electron chi connectivity index (χ2n) is 4.67. The molecule has 3 aromatic rings. The van der Waals surface area contributed by atoms with Crippen LogP contribution in [-0.2, 0) is 6.54 Å². The molecule has 4 heteroatoms. The normalized spacial score (nSPS) is 10.7. The van der Waals surface area contributed by atoms with Crippen molar-refractivity contribution >= 4 is 28.8 Å². The number of imidazole rings is 1. The van der Waals surface area contributed by atoms with E-state index in [2.05, 4.69) is 23.3 Å². The molecule has 106 valence electrons. The number of fused-ring (bicyclic) bond motifs is 1. The Morgan fingerprint density at radius 1 is 1.14 bits per heavy atom. The first-order valence-electron chi connectivity index (χ1n) is 6.78. The Morgan fingerprint density at radius 2 is 1.90 bits per heavy atom. The maximum absolute atomic E-state index is 6.08. The highest BCUT2D eigenvalue weighted by molar-refractivity contribution is 6.32. The molecule has 0 saturated carbocycles. The largest absolute Gasteiger partial charge is 0.488 e. The van der Waals surface area contributed by atoms with Gasteiger partial charge < -0.3 is 4.74 Å². The number of rotatable bonds is 5. The topological polar surface area (TPSA) is 18.0 Å². The fourth-order valence-electron chi connectivity index (χ4n) is 2.34. The fraction of sp³-hybridized carbons (Fsp3) is 0.118. The Hall–Kier alpha value is -2.26. The van der Waals surface area contributed by atoms with Crippen molar-refractivity contribution in [2.75, 3.05) is 6.61 Å². The van der Waals surface area contributed by atoms with Crippen molar-refractivity contribution in [1.29, 1.82) is 0 Å².